The molecule has 112 valence electrons. The predicted octanol–water partition coefficient (Wildman–Crippen LogP) is 1.93. The molecule has 0 amide bonds. The second-order valence-electron chi connectivity index (χ2n) is 4.86. The Hall–Kier alpha value is -1.27. The van der Waals surface area contributed by atoms with Gasteiger partial charge in [-0.15, -0.1) is 5.10 Å². The van der Waals surface area contributed by atoms with Gasteiger partial charge in [0, 0.05) is 13.7 Å². The monoisotopic (exact) mass is 296 g/mol. The van der Waals surface area contributed by atoms with Crippen LogP contribution in [0.2, 0.25) is 0 Å². The molecule has 0 radical (unpaired) electrons. The van der Waals surface area contributed by atoms with Gasteiger partial charge in [0.1, 0.15) is 4.99 Å². The Kier molecular flexibility index (Phi) is 6.81. The molecule has 0 aliphatic rings. The number of ether oxygens (including phenoxy) is 1. The van der Waals surface area contributed by atoms with Gasteiger partial charge in [0.05, 0.1) is 17.9 Å². The van der Waals surface area contributed by atoms with E-state index >= 15 is 0 Å². The number of aromatic nitrogens is 2. The van der Waals surface area contributed by atoms with Gasteiger partial charge in [-0.25, -0.2) is 0 Å². The van der Waals surface area contributed by atoms with E-state index in [0.29, 0.717) is 23.3 Å². The van der Waals surface area contributed by atoms with Crippen molar-refractivity contribution in [3.8, 4) is 0 Å². The van der Waals surface area contributed by atoms with Crippen LogP contribution < -0.4 is 11.1 Å². The highest BCUT2D eigenvalue weighted by Crippen LogP contribution is 2.21. The minimum Gasteiger partial charge on any atom is -0.389 e. The van der Waals surface area contributed by atoms with Gasteiger partial charge in [-0.2, -0.15) is 5.10 Å². The molecule has 0 bridgehead atoms. The Morgan fingerprint density at radius 1 is 1.35 bits per heavy atom. The summed E-state index contributed by atoms with van der Waals surface area (Å²) in [5.41, 5.74) is 8.77. The molecule has 20 heavy (non-hydrogen) atoms. The van der Waals surface area contributed by atoms with E-state index in [1.54, 1.807) is 7.11 Å². The number of methoxy groups -OCH3 is 1. The molecular weight excluding hydrogens is 272 g/mol. The van der Waals surface area contributed by atoms with E-state index in [1.165, 1.54) is 0 Å². The SMILES string of the molecule is CCc1nnc(NCC(C)COC)c(C(N)=S)c1CC. The summed E-state index contributed by atoms with van der Waals surface area (Å²) in [5.74, 6) is 1.05. The van der Waals surface area contributed by atoms with Crippen LogP contribution in [0, 0.1) is 5.92 Å². The molecule has 1 rings (SSSR count). The number of nitrogens with two attached hydrogens (primary N) is 1. The molecule has 0 fully saturated rings. The van der Waals surface area contributed by atoms with E-state index in [-0.39, 0.29) is 0 Å². The topological polar surface area (TPSA) is 73.1 Å². The average Bonchev–Trinajstić information content (AvgIpc) is 2.43. The number of nitrogens with one attached hydrogen (secondary N) is 1. The molecule has 0 spiro atoms. The highest BCUT2D eigenvalue weighted by molar-refractivity contribution is 7.80. The van der Waals surface area contributed by atoms with E-state index < -0.39 is 0 Å². The Morgan fingerprint density at radius 3 is 2.55 bits per heavy atom. The number of anilines is 1. The maximum Gasteiger partial charge on any atom is 0.159 e. The lowest BCUT2D eigenvalue weighted by Crippen LogP contribution is -2.23. The number of thiocarbonyl (C=S) groups is 1. The van der Waals surface area contributed by atoms with Crippen LogP contribution in [0.3, 0.4) is 0 Å². The lowest BCUT2D eigenvalue weighted by molar-refractivity contribution is 0.164. The van der Waals surface area contributed by atoms with Crippen LogP contribution in [0.4, 0.5) is 5.82 Å². The van der Waals surface area contributed by atoms with Gasteiger partial charge >= 0.3 is 0 Å². The van der Waals surface area contributed by atoms with Crippen molar-refractivity contribution in [3.63, 3.8) is 0 Å². The summed E-state index contributed by atoms with van der Waals surface area (Å²) in [6.45, 7) is 7.67. The van der Waals surface area contributed by atoms with Gasteiger partial charge in [0.25, 0.3) is 0 Å². The van der Waals surface area contributed by atoms with Crippen molar-refractivity contribution >= 4 is 23.0 Å². The molecule has 0 aliphatic carbocycles. The first kappa shape index (κ1) is 16.8. The number of aryl methyl sites for hydroxylation is 1. The second-order valence-corrected chi connectivity index (χ2v) is 5.30. The van der Waals surface area contributed by atoms with Gasteiger partial charge in [0.2, 0.25) is 0 Å². The zero-order valence-electron chi connectivity index (χ0n) is 12.7. The molecule has 5 nitrogen and oxygen atoms in total. The van der Waals surface area contributed by atoms with Crippen LogP contribution in [0.1, 0.15) is 37.6 Å². The second kappa shape index (κ2) is 8.11. The maximum atomic E-state index is 5.88. The minimum atomic E-state index is 0.369. The van der Waals surface area contributed by atoms with E-state index in [9.17, 15) is 0 Å². The summed E-state index contributed by atoms with van der Waals surface area (Å²) in [6, 6.07) is 0. The molecule has 1 atom stereocenters. The minimum absolute atomic E-state index is 0.369. The van der Waals surface area contributed by atoms with Gasteiger partial charge in [-0.05, 0) is 24.3 Å². The molecule has 3 N–H and O–H groups in total. The smallest absolute Gasteiger partial charge is 0.159 e. The maximum absolute atomic E-state index is 5.88. The Balaban J connectivity index is 3.04. The molecule has 0 saturated heterocycles. The van der Waals surface area contributed by atoms with Crippen LogP contribution in [-0.2, 0) is 17.6 Å². The molecule has 1 heterocycles. The number of rotatable bonds is 8. The van der Waals surface area contributed by atoms with Crippen LogP contribution in [0.5, 0.6) is 0 Å². The van der Waals surface area contributed by atoms with Crippen molar-refractivity contribution in [1.29, 1.82) is 0 Å². The lowest BCUT2D eigenvalue weighted by Gasteiger charge is -2.17. The predicted molar refractivity (Wildman–Crippen MR) is 86.2 cm³/mol. The summed E-state index contributed by atoms with van der Waals surface area (Å²) in [5, 5.41) is 11.8. The van der Waals surface area contributed by atoms with Crippen LogP contribution >= 0.6 is 12.2 Å². The molecule has 0 saturated carbocycles. The van der Waals surface area contributed by atoms with E-state index in [0.717, 1.165) is 36.2 Å². The first-order chi connectivity index (χ1) is 9.54. The van der Waals surface area contributed by atoms with Crippen LogP contribution in [0.15, 0.2) is 0 Å². The quantitative estimate of drug-likeness (QED) is 0.714. The highest BCUT2D eigenvalue weighted by atomic mass is 32.1. The van der Waals surface area contributed by atoms with Gasteiger partial charge in [-0.1, -0.05) is 33.0 Å². The van der Waals surface area contributed by atoms with Gasteiger partial charge in [-0.3, -0.25) is 0 Å². The van der Waals surface area contributed by atoms with Crippen molar-refractivity contribution in [3.05, 3.63) is 16.8 Å². The molecule has 1 aromatic rings. The van der Waals surface area contributed by atoms with Crippen molar-refractivity contribution in [2.75, 3.05) is 25.6 Å². The molecule has 1 aromatic heterocycles. The Labute approximate surface area is 126 Å². The molecule has 0 aliphatic heterocycles. The normalized spacial score (nSPS) is 12.2. The van der Waals surface area contributed by atoms with E-state index in [4.69, 9.17) is 22.7 Å². The fraction of sp³-hybridized carbons (Fsp3) is 0.643. The summed E-state index contributed by atoms with van der Waals surface area (Å²) < 4.78 is 5.12. The van der Waals surface area contributed by atoms with Crippen molar-refractivity contribution in [2.24, 2.45) is 11.7 Å². The zero-order chi connectivity index (χ0) is 15.1. The van der Waals surface area contributed by atoms with Gasteiger partial charge in [0.15, 0.2) is 5.82 Å². The molecule has 1 unspecified atom stereocenters. The summed E-state index contributed by atoms with van der Waals surface area (Å²) >= 11 is 5.19. The van der Waals surface area contributed by atoms with E-state index in [2.05, 4.69) is 36.3 Å². The van der Waals surface area contributed by atoms with Crippen molar-refractivity contribution in [2.45, 2.75) is 33.6 Å². The third-order valence-electron chi connectivity index (χ3n) is 3.16. The third kappa shape index (κ3) is 4.11. The first-order valence-corrected chi connectivity index (χ1v) is 7.36. The molecular formula is C14H24N4OS. The Morgan fingerprint density at radius 2 is 2.05 bits per heavy atom. The van der Waals surface area contributed by atoms with Crippen LogP contribution in [-0.4, -0.2) is 35.4 Å². The fourth-order valence-corrected chi connectivity index (χ4v) is 2.40. The molecule has 0 aromatic carbocycles. The van der Waals surface area contributed by atoms with Gasteiger partial charge < -0.3 is 15.8 Å². The first-order valence-electron chi connectivity index (χ1n) is 6.96. The fourth-order valence-electron chi connectivity index (χ4n) is 2.18. The average molecular weight is 296 g/mol. The Bertz CT molecular complexity index is 465. The highest BCUT2D eigenvalue weighted by Gasteiger charge is 2.16. The number of nitrogens with zero attached hydrogens (tertiary/aromatic N) is 2. The zero-order valence-corrected chi connectivity index (χ0v) is 13.5. The van der Waals surface area contributed by atoms with Crippen molar-refractivity contribution < 1.29 is 4.74 Å². The number of hydrogen-bond donors (Lipinski definition) is 2. The third-order valence-corrected chi connectivity index (χ3v) is 3.37. The van der Waals surface area contributed by atoms with E-state index in [1.807, 2.05) is 0 Å². The van der Waals surface area contributed by atoms with Crippen molar-refractivity contribution in [1.82, 2.24) is 10.2 Å². The summed E-state index contributed by atoms with van der Waals surface area (Å²) in [6.07, 6.45) is 1.67. The largest absolute Gasteiger partial charge is 0.389 e. The summed E-state index contributed by atoms with van der Waals surface area (Å²) in [7, 11) is 1.70. The number of hydrogen-bond acceptors (Lipinski definition) is 5. The molecule has 6 heteroatoms. The lowest BCUT2D eigenvalue weighted by atomic mass is 10.0. The summed E-state index contributed by atoms with van der Waals surface area (Å²) in [4.78, 5) is 0.369. The standard InChI is InChI=1S/C14H24N4OS/c1-5-10-11(6-2)17-18-14(12(10)13(15)20)16-7-9(3)8-19-4/h9H,5-8H2,1-4H3,(H2,15,20)(H,16,18). The van der Waals surface area contributed by atoms with Crippen LogP contribution in [0.25, 0.3) is 0 Å².